The van der Waals surface area contributed by atoms with Crippen molar-refractivity contribution in [2.24, 2.45) is 5.92 Å². The van der Waals surface area contributed by atoms with Gasteiger partial charge in [0, 0.05) is 13.0 Å². The quantitative estimate of drug-likeness (QED) is 0.713. The Balaban J connectivity index is 2.00. The molecule has 0 bridgehead atoms. The molecule has 0 saturated heterocycles. The molecule has 4 nitrogen and oxygen atoms in total. The van der Waals surface area contributed by atoms with E-state index in [0.717, 1.165) is 24.6 Å². The van der Waals surface area contributed by atoms with E-state index in [2.05, 4.69) is 17.0 Å². The fourth-order valence-electron chi connectivity index (χ4n) is 1.97. The third kappa shape index (κ3) is 1.46. The van der Waals surface area contributed by atoms with E-state index >= 15 is 0 Å². The van der Waals surface area contributed by atoms with Gasteiger partial charge in [-0.15, -0.1) is 5.10 Å². The molecule has 2 aromatic rings. The van der Waals surface area contributed by atoms with E-state index in [1.165, 1.54) is 6.42 Å². The highest BCUT2D eigenvalue weighted by Crippen LogP contribution is 2.22. The molecule has 0 amide bonds. The first-order chi connectivity index (χ1) is 7.33. The third-order valence-electron chi connectivity index (χ3n) is 2.85. The summed E-state index contributed by atoms with van der Waals surface area (Å²) >= 11 is 0. The van der Waals surface area contributed by atoms with E-state index < -0.39 is 0 Å². The summed E-state index contributed by atoms with van der Waals surface area (Å²) in [6.07, 6.45) is 3.86. The number of rotatable bonds is 1. The molecule has 3 heterocycles. The summed E-state index contributed by atoms with van der Waals surface area (Å²) in [5, 5.41) is 4.44. The Kier molecular flexibility index (Phi) is 1.87. The van der Waals surface area contributed by atoms with Crippen molar-refractivity contribution in [3.05, 3.63) is 24.2 Å². The van der Waals surface area contributed by atoms with Gasteiger partial charge in [-0.05, 0) is 24.5 Å². The van der Waals surface area contributed by atoms with Gasteiger partial charge in [0.05, 0.1) is 6.26 Å². The lowest BCUT2D eigenvalue weighted by molar-refractivity contribution is 0.386. The number of nitrogens with zero attached hydrogens (tertiary/aromatic N) is 3. The van der Waals surface area contributed by atoms with Crippen molar-refractivity contribution in [2.75, 3.05) is 0 Å². The second-order valence-electron chi connectivity index (χ2n) is 4.15. The molecule has 1 unspecified atom stereocenters. The van der Waals surface area contributed by atoms with Crippen molar-refractivity contribution in [3.63, 3.8) is 0 Å². The molecule has 0 N–H and O–H groups in total. The van der Waals surface area contributed by atoms with Crippen molar-refractivity contribution >= 4 is 0 Å². The lowest BCUT2D eigenvalue weighted by Gasteiger charge is -2.17. The smallest absolute Gasteiger partial charge is 0.217 e. The summed E-state index contributed by atoms with van der Waals surface area (Å²) in [6.45, 7) is 3.23. The van der Waals surface area contributed by atoms with Crippen LogP contribution >= 0.6 is 0 Å². The Morgan fingerprint density at radius 2 is 2.47 bits per heavy atom. The summed E-state index contributed by atoms with van der Waals surface area (Å²) in [7, 11) is 0. The Labute approximate surface area is 87.9 Å². The van der Waals surface area contributed by atoms with E-state index in [1.54, 1.807) is 6.26 Å². The molecule has 1 atom stereocenters. The minimum absolute atomic E-state index is 0.712. The zero-order chi connectivity index (χ0) is 10.3. The summed E-state index contributed by atoms with van der Waals surface area (Å²) < 4.78 is 7.28. The highest BCUT2D eigenvalue weighted by Gasteiger charge is 2.19. The third-order valence-corrected chi connectivity index (χ3v) is 2.85. The normalized spacial score (nSPS) is 20.2. The standard InChI is InChI=1S/C11H13N3O/c1-8-4-5-14-10(7-8)12-11(13-14)9-3-2-6-15-9/h2-3,6,8H,4-5,7H2,1H3. The van der Waals surface area contributed by atoms with Gasteiger partial charge in [0.25, 0.3) is 0 Å². The molecule has 78 valence electrons. The van der Waals surface area contributed by atoms with Gasteiger partial charge in [-0.3, -0.25) is 0 Å². The van der Waals surface area contributed by atoms with Crippen molar-refractivity contribution in [3.8, 4) is 11.6 Å². The van der Waals surface area contributed by atoms with Crippen LogP contribution in [0.5, 0.6) is 0 Å². The topological polar surface area (TPSA) is 43.9 Å². The minimum atomic E-state index is 0.712. The molecule has 0 radical (unpaired) electrons. The summed E-state index contributed by atoms with van der Waals surface area (Å²) in [5.74, 6) is 3.26. The van der Waals surface area contributed by atoms with Crippen LogP contribution in [-0.2, 0) is 13.0 Å². The predicted molar refractivity (Wildman–Crippen MR) is 55.2 cm³/mol. The summed E-state index contributed by atoms with van der Waals surface area (Å²) in [4.78, 5) is 4.50. The van der Waals surface area contributed by atoms with Gasteiger partial charge >= 0.3 is 0 Å². The van der Waals surface area contributed by atoms with Crippen LogP contribution in [0.2, 0.25) is 0 Å². The van der Waals surface area contributed by atoms with Gasteiger partial charge in [-0.1, -0.05) is 6.92 Å². The maximum Gasteiger partial charge on any atom is 0.217 e. The monoisotopic (exact) mass is 203 g/mol. The Morgan fingerprint density at radius 1 is 1.53 bits per heavy atom. The molecule has 4 heteroatoms. The summed E-state index contributed by atoms with van der Waals surface area (Å²) in [5.41, 5.74) is 0. The van der Waals surface area contributed by atoms with Crippen LogP contribution in [0.1, 0.15) is 19.2 Å². The Morgan fingerprint density at radius 3 is 3.27 bits per heavy atom. The second kappa shape index (κ2) is 3.22. The van der Waals surface area contributed by atoms with Gasteiger partial charge < -0.3 is 4.42 Å². The molecule has 0 spiro atoms. The Bertz CT molecular complexity index is 458. The number of fused-ring (bicyclic) bond motifs is 1. The SMILES string of the molecule is CC1CCn2nc(-c3ccco3)nc2C1. The van der Waals surface area contributed by atoms with Gasteiger partial charge in [-0.25, -0.2) is 9.67 Å². The largest absolute Gasteiger partial charge is 0.461 e. The fraction of sp³-hybridized carbons (Fsp3) is 0.455. The van der Waals surface area contributed by atoms with Gasteiger partial charge in [0.2, 0.25) is 5.82 Å². The zero-order valence-electron chi connectivity index (χ0n) is 8.68. The number of furan rings is 1. The van der Waals surface area contributed by atoms with Gasteiger partial charge in [0.1, 0.15) is 5.82 Å². The number of hydrogen-bond donors (Lipinski definition) is 0. The first kappa shape index (κ1) is 8.71. The highest BCUT2D eigenvalue weighted by molar-refractivity contribution is 5.45. The molecule has 0 aromatic carbocycles. The lowest BCUT2D eigenvalue weighted by atomic mass is 10.0. The molecule has 3 rings (SSSR count). The molecule has 1 aliphatic rings. The van der Waals surface area contributed by atoms with Crippen LogP contribution in [0.4, 0.5) is 0 Å². The van der Waals surface area contributed by atoms with E-state index in [4.69, 9.17) is 4.42 Å². The fourth-order valence-corrected chi connectivity index (χ4v) is 1.97. The molecule has 0 saturated carbocycles. The van der Waals surface area contributed by atoms with Crippen LogP contribution in [0.3, 0.4) is 0 Å². The molecular formula is C11H13N3O. The van der Waals surface area contributed by atoms with Crippen molar-refractivity contribution in [1.29, 1.82) is 0 Å². The summed E-state index contributed by atoms with van der Waals surface area (Å²) in [6, 6.07) is 3.75. The Hall–Kier alpha value is -1.58. The van der Waals surface area contributed by atoms with E-state index in [0.29, 0.717) is 11.7 Å². The number of aryl methyl sites for hydroxylation is 1. The van der Waals surface area contributed by atoms with Crippen LogP contribution < -0.4 is 0 Å². The molecule has 15 heavy (non-hydrogen) atoms. The number of aromatic nitrogens is 3. The van der Waals surface area contributed by atoms with E-state index in [1.807, 2.05) is 16.8 Å². The maximum atomic E-state index is 5.29. The minimum Gasteiger partial charge on any atom is -0.461 e. The first-order valence-electron chi connectivity index (χ1n) is 5.30. The molecule has 2 aromatic heterocycles. The van der Waals surface area contributed by atoms with Crippen molar-refractivity contribution in [2.45, 2.75) is 26.3 Å². The second-order valence-corrected chi connectivity index (χ2v) is 4.15. The van der Waals surface area contributed by atoms with Gasteiger partial charge in [0.15, 0.2) is 5.76 Å². The molecule has 0 fully saturated rings. The van der Waals surface area contributed by atoms with Crippen molar-refractivity contribution < 1.29 is 4.42 Å². The molecular weight excluding hydrogens is 190 g/mol. The van der Waals surface area contributed by atoms with Crippen molar-refractivity contribution in [1.82, 2.24) is 14.8 Å². The zero-order valence-corrected chi connectivity index (χ0v) is 8.68. The van der Waals surface area contributed by atoms with E-state index in [9.17, 15) is 0 Å². The van der Waals surface area contributed by atoms with Crippen LogP contribution in [-0.4, -0.2) is 14.8 Å². The predicted octanol–water partition coefficient (Wildman–Crippen LogP) is 2.12. The van der Waals surface area contributed by atoms with Gasteiger partial charge in [-0.2, -0.15) is 0 Å². The highest BCUT2D eigenvalue weighted by atomic mass is 16.3. The molecule has 0 aliphatic carbocycles. The molecule has 1 aliphatic heterocycles. The van der Waals surface area contributed by atoms with Crippen LogP contribution in [0.25, 0.3) is 11.6 Å². The average Bonchev–Trinajstić information content (AvgIpc) is 2.84. The number of hydrogen-bond acceptors (Lipinski definition) is 3. The lowest BCUT2D eigenvalue weighted by Crippen LogP contribution is -2.18. The average molecular weight is 203 g/mol. The van der Waals surface area contributed by atoms with Crippen LogP contribution in [0.15, 0.2) is 22.8 Å². The van der Waals surface area contributed by atoms with Crippen LogP contribution in [0, 0.1) is 5.92 Å². The maximum absolute atomic E-state index is 5.29. The van der Waals surface area contributed by atoms with E-state index in [-0.39, 0.29) is 0 Å². The first-order valence-corrected chi connectivity index (χ1v) is 5.30.